The van der Waals surface area contributed by atoms with Crippen molar-refractivity contribution in [2.45, 2.75) is 27.7 Å². The maximum atomic E-state index is 3.16. The minimum Gasteiger partial charge on any atom is -0.267 e. The summed E-state index contributed by atoms with van der Waals surface area (Å²) >= 11 is 0. The molecular weight excluding hydrogens is 192 g/mol. The summed E-state index contributed by atoms with van der Waals surface area (Å²) < 4.78 is 0. The van der Waals surface area contributed by atoms with Gasteiger partial charge in [-0.15, -0.1) is 0 Å². The summed E-state index contributed by atoms with van der Waals surface area (Å²) in [4.78, 5) is 0. The molecule has 0 aromatic rings. The van der Waals surface area contributed by atoms with Gasteiger partial charge in [0.2, 0.25) is 0 Å². The Morgan fingerprint density at radius 3 is 1.13 bits per heavy atom. The predicted octanol–water partition coefficient (Wildman–Crippen LogP) is 3.50. The van der Waals surface area contributed by atoms with E-state index in [1.807, 2.05) is 24.3 Å². The first-order chi connectivity index (χ1) is 6.41. The number of hydrogen-bond donors (Lipinski definition) is 0. The Balaban J connectivity index is 0.000000245. The molecule has 2 aliphatic carbocycles. The molecule has 0 amide bonds. The van der Waals surface area contributed by atoms with E-state index in [0.717, 1.165) is 0 Å². The van der Waals surface area contributed by atoms with Crippen LogP contribution in [0, 0.1) is 23.0 Å². The van der Waals surface area contributed by atoms with Crippen molar-refractivity contribution >= 4 is 23.1 Å². The average Bonchev–Trinajstić information content (AvgIpc) is 2.60. The molecule has 0 nitrogen and oxygen atoms in total. The molecule has 2 rings (SSSR count). The molecule has 0 atom stereocenters. The molecule has 0 aliphatic heterocycles. The van der Waals surface area contributed by atoms with Crippen LogP contribution < -0.4 is 0 Å². The molecule has 0 bridgehead atoms. The normalized spacial score (nSPS) is 22.1. The molecule has 0 fully saturated rings. The Morgan fingerprint density at radius 2 is 1.07 bits per heavy atom. The van der Waals surface area contributed by atoms with Gasteiger partial charge >= 0.3 is 23.1 Å². The van der Waals surface area contributed by atoms with Gasteiger partial charge in [-0.2, -0.15) is 12.2 Å². The summed E-state index contributed by atoms with van der Waals surface area (Å²) in [5, 5.41) is 0. The van der Waals surface area contributed by atoms with Gasteiger partial charge in [0.25, 0.3) is 0 Å². The average molecular weight is 211 g/mol. The zero-order valence-electron chi connectivity index (χ0n) is 10.2. The molecule has 0 aromatic carbocycles. The number of rotatable bonds is 0. The van der Waals surface area contributed by atoms with Crippen molar-refractivity contribution in [1.82, 2.24) is 0 Å². The second-order valence-corrected chi connectivity index (χ2v) is 4.78. The quantitative estimate of drug-likeness (QED) is 0.424. The maximum Gasteiger partial charge on any atom is 2.00 e. The van der Waals surface area contributed by atoms with Crippen molar-refractivity contribution in [3.63, 3.8) is 0 Å². The van der Waals surface area contributed by atoms with Crippen molar-refractivity contribution in [1.29, 1.82) is 0 Å². The fraction of sp³-hybridized carbons (Fsp3) is 0.429. The van der Waals surface area contributed by atoms with Crippen LogP contribution in [-0.4, -0.2) is 23.1 Å². The van der Waals surface area contributed by atoms with Gasteiger partial charge in [0.05, 0.1) is 0 Å². The second-order valence-electron chi connectivity index (χ2n) is 4.78. The van der Waals surface area contributed by atoms with Crippen LogP contribution in [0.4, 0.5) is 0 Å². The van der Waals surface area contributed by atoms with Gasteiger partial charge in [-0.05, 0) is 0 Å². The van der Waals surface area contributed by atoms with Crippen molar-refractivity contribution in [3.8, 4) is 0 Å². The molecule has 0 heterocycles. The summed E-state index contributed by atoms with van der Waals surface area (Å²) in [5.74, 6) is 0. The third-order valence-corrected chi connectivity index (χ3v) is 2.13. The van der Waals surface area contributed by atoms with Crippen LogP contribution in [-0.2, 0) is 0 Å². The first-order valence-electron chi connectivity index (χ1n) is 4.99. The Bertz CT molecular complexity index is 241. The summed E-state index contributed by atoms with van der Waals surface area (Å²) in [6.45, 7) is 8.53. The SMILES string of the molecule is CC1(C)[C-]=CC=C1.CC1(C)[C-]=CC=C1.[Mg+2]. The third kappa shape index (κ3) is 6.01. The molecular formula is C14H18Mg. The fourth-order valence-electron chi connectivity index (χ4n) is 1.20. The van der Waals surface area contributed by atoms with Crippen LogP contribution in [0.1, 0.15) is 27.7 Å². The molecule has 0 unspecified atom stereocenters. The first kappa shape index (κ1) is 14.7. The van der Waals surface area contributed by atoms with Gasteiger partial charge < -0.3 is 0 Å². The van der Waals surface area contributed by atoms with E-state index < -0.39 is 0 Å². The van der Waals surface area contributed by atoms with Crippen LogP contribution in [0.25, 0.3) is 0 Å². The molecule has 0 N–H and O–H groups in total. The van der Waals surface area contributed by atoms with Crippen LogP contribution in [0.3, 0.4) is 0 Å². The van der Waals surface area contributed by atoms with Gasteiger partial charge in [0.1, 0.15) is 0 Å². The molecule has 0 aromatic heterocycles. The maximum absolute atomic E-state index is 3.16. The minimum atomic E-state index is 0. The third-order valence-electron chi connectivity index (χ3n) is 2.13. The predicted molar refractivity (Wildman–Crippen MR) is 67.2 cm³/mol. The zero-order valence-corrected chi connectivity index (χ0v) is 11.6. The van der Waals surface area contributed by atoms with E-state index in [2.05, 4.69) is 52.0 Å². The van der Waals surface area contributed by atoms with Crippen LogP contribution in [0.5, 0.6) is 0 Å². The van der Waals surface area contributed by atoms with E-state index >= 15 is 0 Å². The minimum absolute atomic E-state index is 0. The zero-order chi connectivity index (χ0) is 10.7. The molecule has 0 saturated carbocycles. The summed E-state index contributed by atoms with van der Waals surface area (Å²) in [7, 11) is 0. The summed E-state index contributed by atoms with van der Waals surface area (Å²) in [6, 6.07) is 0. The van der Waals surface area contributed by atoms with Gasteiger partial charge in [0, 0.05) is 0 Å². The second kappa shape index (κ2) is 5.71. The molecule has 2 aliphatic rings. The fourth-order valence-corrected chi connectivity index (χ4v) is 1.20. The van der Waals surface area contributed by atoms with E-state index in [0.29, 0.717) is 0 Å². The smallest absolute Gasteiger partial charge is 0.267 e. The first-order valence-corrected chi connectivity index (χ1v) is 4.99. The molecule has 0 saturated heterocycles. The molecule has 0 radical (unpaired) electrons. The van der Waals surface area contributed by atoms with E-state index in [9.17, 15) is 0 Å². The van der Waals surface area contributed by atoms with Crippen molar-refractivity contribution < 1.29 is 0 Å². The largest absolute Gasteiger partial charge is 2.00 e. The summed E-state index contributed by atoms with van der Waals surface area (Å²) in [6.07, 6.45) is 18.6. The Labute approximate surface area is 110 Å². The van der Waals surface area contributed by atoms with Gasteiger partial charge in [0.15, 0.2) is 0 Å². The molecule has 15 heavy (non-hydrogen) atoms. The van der Waals surface area contributed by atoms with Crippen LogP contribution in [0.2, 0.25) is 0 Å². The van der Waals surface area contributed by atoms with Crippen LogP contribution >= 0.6 is 0 Å². The van der Waals surface area contributed by atoms with E-state index in [1.54, 1.807) is 0 Å². The van der Waals surface area contributed by atoms with E-state index in [-0.39, 0.29) is 33.9 Å². The van der Waals surface area contributed by atoms with E-state index in [4.69, 9.17) is 0 Å². The Morgan fingerprint density at radius 1 is 0.733 bits per heavy atom. The molecule has 1 heteroatoms. The number of allylic oxidation sites excluding steroid dienone is 8. The van der Waals surface area contributed by atoms with Gasteiger partial charge in [-0.3, -0.25) is 12.2 Å². The topological polar surface area (TPSA) is 0 Å². The molecule has 0 spiro atoms. The van der Waals surface area contributed by atoms with Gasteiger partial charge in [-0.1, -0.05) is 38.5 Å². The Hall–Kier alpha value is -0.274. The van der Waals surface area contributed by atoms with Crippen molar-refractivity contribution in [3.05, 3.63) is 48.6 Å². The van der Waals surface area contributed by atoms with Crippen molar-refractivity contribution in [2.24, 2.45) is 10.8 Å². The Kier molecular flexibility index (Phi) is 5.61. The van der Waals surface area contributed by atoms with Crippen molar-refractivity contribution in [2.75, 3.05) is 0 Å². The van der Waals surface area contributed by atoms with Gasteiger partial charge in [-0.25, -0.2) is 24.3 Å². The molecule has 76 valence electrons. The van der Waals surface area contributed by atoms with Crippen LogP contribution in [0.15, 0.2) is 36.5 Å². The summed E-state index contributed by atoms with van der Waals surface area (Å²) in [5.41, 5.74) is 0.417. The number of hydrogen-bond acceptors (Lipinski definition) is 0. The monoisotopic (exact) mass is 210 g/mol. The standard InChI is InChI=1S/2C7H9.Mg/c2*1-7(2)5-3-4-6-7;/h2*3-5H,1-2H3;/q2*-1;+2. The van der Waals surface area contributed by atoms with E-state index in [1.165, 1.54) is 0 Å².